The summed E-state index contributed by atoms with van der Waals surface area (Å²) in [5.41, 5.74) is 4.26. The maximum atomic E-state index is 13.7. The number of hydrogen-bond acceptors (Lipinski definition) is 0. The quantitative estimate of drug-likeness (QED) is 0.217. The van der Waals surface area contributed by atoms with E-state index in [1.165, 1.54) is 25.2 Å². The van der Waals surface area contributed by atoms with E-state index in [-0.39, 0.29) is 40.1 Å². The average Bonchev–Trinajstić information content (AvgIpc) is 3.36. The van der Waals surface area contributed by atoms with Gasteiger partial charge in [0.05, 0.1) is 0 Å². The fourth-order valence-electron chi connectivity index (χ4n) is 6.84. The van der Waals surface area contributed by atoms with Gasteiger partial charge in [-0.05, 0) is 0 Å². The first kappa shape index (κ1) is 30.3. The van der Waals surface area contributed by atoms with Gasteiger partial charge in [-0.1, -0.05) is 0 Å². The van der Waals surface area contributed by atoms with Gasteiger partial charge in [0.15, 0.2) is 0 Å². The van der Waals surface area contributed by atoms with Crippen molar-refractivity contribution in [3.05, 3.63) is 106 Å². The van der Waals surface area contributed by atoms with Crippen LogP contribution < -0.4 is 38.5 Å². The number of allylic oxidation sites excluding steroid dienone is 1. The molecule has 0 fully saturated rings. The Morgan fingerprint density at radius 3 is 2.02 bits per heavy atom. The van der Waals surface area contributed by atoms with Crippen LogP contribution in [0.25, 0.3) is 28.3 Å². The number of alkyl halides is 6. The Balaban J connectivity index is 0.00000169. The van der Waals surface area contributed by atoms with Gasteiger partial charge in [-0.2, -0.15) is 0 Å². The first-order valence-electron chi connectivity index (χ1n) is 12.7. The molecule has 0 aromatic heterocycles. The smallest absolute Gasteiger partial charge is 1.00 e. The molecule has 4 aromatic rings. The molecule has 1 aliphatic carbocycles. The van der Waals surface area contributed by atoms with E-state index in [0.717, 1.165) is 23.3 Å². The van der Waals surface area contributed by atoms with Crippen LogP contribution in [0.2, 0.25) is 0 Å². The van der Waals surface area contributed by atoms with Crippen molar-refractivity contribution in [3.8, 4) is 22.3 Å². The standard InChI is InChI=1S/C19H13F6.C12H8Si.2ClH.Zr/c1-10-5-12-4-3-11(2)17(16(12)6-10)13-7-14(18(20,21)22)9-15(8-13)19(23,24)25;1-3-7-11-9(5-1)10-6-2-4-8-12(10)13-11;;;/h3-9H,1-2H3;1-7,13H;2*1H;/q;;;;+2/p-2. The molecule has 0 spiro atoms. The third kappa shape index (κ3) is 4.52. The van der Waals surface area contributed by atoms with Crippen molar-refractivity contribution >= 4 is 25.6 Å². The van der Waals surface area contributed by atoms with Crippen LogP contribution in [0.15, 0.2) is 78.4 Å². The molecule has 2 atom stereocenters. The zero-order chi connectivity index (χ0) is 27.4. The second-order valence-electron chi connectivity index (χ2n) is 10.6. The summed E-state index contributed by atoms with van der Waals surface area (Å²) < 4.78 is 83.9. The molecule has 10 heteroatoms. The Morgan fingerprint density at radius 1 is 0.732 bits per heavy atom. The Morgan fingerprint density at radius 2 is 1.37 bits per heavy atom. The zero-order valence-electron chi connectivity index (χ0n) is 21.7. The third-order valence-electron chi connectivity index (χ3n) is 8.39. The summed E-state index contributed by atoms with van der Waals surface area (Å²) in [6.45, 7) is 3.84. The van der Waals surface area contributed by atoms with Crippen LogP contribution in [-0.2, 0) is 33.3 Å². The summed E-state index contributed by atoms with van der Waals surface area (Å²) >= 11 is -2.30. The molecule has 0 saturated carbocycles. The van der Waals surface area contributed by atoms with Crippen molar-refractivity contribution in [2.45, 2.75) is 29.8 Å². The second-order valence-corrected chi connectivity index (χ2v) is 25.6. The minimum Gasteiger partial charge on any atom is -1.00 e. The minimum absolute atomic E-state index is 0. The first-order chi connectivity index (χ1) is 18.4. The molecule has 2 aliphatic heterocycles. The minimum atomic E-state index is -4.89. The van der Waals surface area contributed by atoms with Crippen LogP contribution in [-0.4, -0.2) is 5.92 Å². The van der Waals surface area contributed by atoms with Crippen LogP contribution in [0, 0.1) is 6.92 Å². The predicted molar refractivity (Wildman–Crippen MR) is 141 cm³/mol. The number of hydrogen-bond donors (Lipinski definition) is 0. The van der Waals surface area contributed by atoms with Gasteiger partial charge in [-0.25, -0.2) is 0 Å². The van der Waals surface area contributed by atoms with Gasteiger partial charge in [0.1, 0.15) is 0 Å². The van der Waals surface area contributed by atoms with Crippen LogP contribution in [0.3, 0.4) is 0 Å². The van der Waals surface area contributed by atoms with E-state index in [1.807, 2.05) is 12.1 Å². The molecule has 0 radical (unpaired) electrons. The molecule has 0 N–H and O–H groups in total. The fraction of sp³-hybridized carbons (Fsp3) is 0.161. The van der Waals surface area contributed by atoms with Gasteiger partial charge < -0.3 is 24.8 Å². The molecular formula is C31H21Cl2F6SiZr. The molecule has 3 aliphatic rings. The van der Waals surface area contributed by atoms with Crippen molar-refractivity contribution in [1.82, 2.24) is 0 Å². The number of aryl methyl sites for hydroxylation is 1. The van der Waals surface area contributed by atoms with Crippen LogP contribution in [0.4, 0.5) is 26.3 Å². The Kier molecular flexibility index (Phi) is 7.59. The molecule has 0 bridgehead atoms. The average molecular weight is 698 g/mol. The van der Waals surface area contributed by atoms with Crippen molar-refractivity contribution in [3.63, 3.8) is 0 Å². The van der Waals surface area contributed by atoms with E-state index in [1.54, 1.807) is 12.1 Å². The summed E-state index contributed by atoms with van der Waals surface area (Å²) in [7, 11) is 0. The maximum absolute atomic E-state index is 13.7. The monoisotopic (exact) mass is 695 g/mol. The van der Waals surface area contributed by atoms with Crippen LogP contribution >= 0.6 is 0 Å². The third-order valence-corrected chi connectivity index (χ3v) is 30.9. The van der Waals surface area contributed by atoms with Gasteiger partial charge in [0.25, 0.3) is 0 Å². The van der Waals surface area contributed by atoms with E-state index in [2.05, 4.69) is 55.5 Å². The normalized spacial score (nSPS) is 18.0. The van der Waals surface area contributed by atoms with Gasteiger partial charge in [0, 0.05) is 0 Å². The second kappa shape index (κ2) is 10.3. The summed E-state index contributed by atoms with van der Waals surface area (Å²) in [5.74, 6) is -1.35. The van der Waals surface area contributed by atoms with Gasteiger partial charge in [-0.15, -0.1) is 0 Å². The SMILES string of the molecule is CC1=Cc2c(ccc(C)c2-c2cc(C(F)(F)F)cc(C(F)(F)F)c2)[CH]1[Zr+2]1[c]2cccc3c2[SiH]1c1ccccc1-3.[Cl-].[Cl-]. The van der Waals surface area contributed by atoms with Crippen molar-refractivity contribution < 1.29 is 72.1 Å². The number of fused-ring (bicyclic) bond motifs is 4. The number of benzene rings is 4. The van der Waals surface area contributed by atoms with E-state index in [4.69, 9.17) is 0 Å². The molecule has 2 heterocycles. The Bertz CT molecular complexity index is 1710. The van der Waals surface area contributed by atoms with Crippen LogP contribution in [0.5, 0.6) is 0 Å². The summed E-state index contributed by atoms with van der Waals surface area (Å²) in [6, 6.07) is 21.1. The fourth-order valence-corrected chi connectivity index (χ4v) is 33.2. The van der Waals surface area contributed by atoms with Crippen molar-refractivity contribution in [2.24, 2.45) is 0 Å². The summed E-state index contributed by atoms with van der Waals surface area (Å²) in [5, 5.41) is 3.07. The molecule has 7 rings (SSSR count). The maximum Gasteiger partial charge on any atom is -1.00 e. The van der Waals surface area contributed by atoms with Gasteiger partial charge in [-0.3, -0.25) is 0 Å². The van der Waals surface area contributed by atoms with Gasteiger partial charge in [0.2, 0.25) is 0 Å². The molecular weight excluding hydrogens is 677 g/mol. The largest absolute Gasteiger partial charge is 1.00 e. The molecule has 209 valence electrons. The first-order valence-corrected chi connectivity index (χ1v) is 21.3. The molecule has 0 amide bonds. The topological polar surface area (TPSA) is 0 Å². The zero-order valence-corrected chi connectivity index (χ0v) is 26.8. The van der Waals surface area contributed by atoms with E-state index < -0.39 is 50.3 Å². The Labute approximate surface area is 254 Å². The molecule has 0 saturated heterocycles. The van der Waals surface area contributed by atoms with Crippen LogP contribution in [0.1, 0.15) is 38.4 Å². The molecule has 4 aromatic carbocycles. The van der Waals surface area contributed by atoms with E-state index in [0.29, 0.717) is 11.1 Å². The molecule has 41 heavy (non-hydrogen) atoms. The number of rotatable bonds is 2. The summed E-state index contributed by atoms with van der Waals surface area (Å²) in [6.07, 6.45) is -7.75. The van der Waals surface area contributed by atoms with E-state index >= 15 is 0 Å². The predicted octanol–water partition coefficient (Wildman–Crippen LogP) is 0.941. The molecule has 0 nitrogen and oxygen atoms in total. The number of halogens is 8. The van der Waals surface area contributed by atoms with E-state index in [9.17, 15) is 26.3 Å². The Hall–Kier alpha value is -2.12. The molecule has 2 unspecified atom stereocenters. The summed E-state index contributed by atoms with van der Waals surface area (Å²) in [4.78, 5) is 0. The van der Waals surface area contributed by atoms with Gasteiger partial charge >= 0.3 is 231 Å². The van der Waals surface area contributed by atoms with Crippen molar-refractivity contribution in [1.29, 1.82) is 0 Å². The van der Waals surface area contributed by atoms with Crippen molar-refractivity contribution in [2.75, 3.05) is 0 Å².